The van der Waals surface area contributed by atoms with Crippen molar-refractivity contribution in [3.8, 4) is 33.6 Å². The molecule has 50 heavy (non-hydrogen) atoms. The molecule has 0 radical (unpaired) electrons. The molecular formula is C41H53N3O5S. The number of hydrogen-bond donors (Lipinski definition) is 0. The first kappa shape index (κ1) is 38.6. The molecule has 3 aromatic carbocycles. The summed E-state index contributed by atoms with van der Waals surface area (Å²) in [6.07, 6.45) is 19.2. The average molecular weight is 700 g/mol. The summed E-state index contributed by atoms with van der Waals surface area (Å²) >= 11 is 1.40. The fourth-order valence-corrected chi connectivity index (χ4v) is 6.10. The lowest BCUT2D eigenvalue weighted by Crippen LogP contribution is -2.09. The van der Waals surface area contributed by atoms with E-state index in [9.17, 15) is 4.79 Å². The van der Waals surface area contributed by atoms with Crippen LogP contribution >= 0.6 is 11.3 Å². The Balaban J connectivity index is 1.22. The lowest BCUT2D eigenvalue weighted by molar-refractivity contribution is 0.0729. The molecule has 8 nitrogen and oxygen atoms in total. The number of carbonyl (C=O) groups is 1. The number of benzene rings is 3. The van der Waals surface area contributed by atoms with E-state index in [2.05, 4.69) is 29.0 Å². The number of esters is 1. The highest BCUT2D eigenvalue weighted by Crippen LogP contribution is 2.31. The van der Waals surface area contributed by atoms with E-state index in [1.165, 1.54) is 95.5 Å². The number of ether oxygens (including phenoxy) is 4. The second kappa shape index (κ2) is 22.5. The Labute approximate surface area is 302 Å². The zero-order valence-electron chi connectivity index (χ0n) is 30.0. The molecule has 0 aliphatic rings. The van der Waals surface area contributed by atoms with E-state index >= 15 is 0 Å². The third-order valence-electron chi connectivity index (χ3n) is 8.35. The minimum atomic E-state index is -0.475. The molecule has 0 amide bonds. The first-order valence-corrected chi connectivity index (χ1v) is 19.1. The van der Waals surface area contributed by atoms with Crippen LogP contribution in [-0.4, -0.2) is 42.7 Å². The van der Waals surface area contributed by atoms with Gasteiger partial charge in [0.25, 0.3) is 0 Å². The van der Waals surface area contributed by atoms with Crippen molar-refractivity contribution >= 4 is 28.7 Å². The maximum Gasteiger partial charge on any atom is 0.343 e. The number of aromatic nitrogens is 2. The summed E-state index contributed by atoms with van der Waals surface area (Å²) in [7, 11) is 1.54. The Morgan fingerprint density at radius 1 is 0.680 bits per heavy atom. The Morgan fingerprint density at radius 3 is 1.82 bits per heavy atom. The van der Waals surface area contributed by atoms with Gasteiger partial charge in [-0.3, -0.25) is 0 Å². The Kier molecular flexibility index (Phi) is 17.3. The Morgan fingerprint density at radius 2 is 1.24 bits per heavy atom. The molecule has 0 N–H and O–H groups in total. The van der Waals surface area contributed by atoms with Gasteiger partial charge in [-0.2, -0.15) is 0 Å². The number of rotatable bonds is 24. The first-order chi connectivity index (χ1) is 24.6. The predicted octanol–water partition coefficient (Wildman–Crippen LogP) is 11.4. The van der Waals surface area contributed by atoms with E-state index in [1.807, 2.05) is 30.3 Å². The molecule has 0 spiro atoms. The van der Waals surface area contributed by atoms with E-state index in [-0.39, 0.29) is 0 Å². The molecule has 4 rings (SSSR count). The monoisotopic (exact) mass is 699 g/mol. The van der Waals surface area contributed by atoms with Crippen LogP contribution in [0.4, 0.5) is 5.13 Å². The highest BCUT2D eigenvalue weighted by Gasteiger charge is 2.14. The van der Waals surface area contributed by atoms with Crippen LogP contribution in [0.1, 0.15) is 120 Å². The highest BCUT2D eigenvalue weighted by atomic mass is 32.1. The largest absolute Gasteiger partial charge is 0.494 e. The van der Waals surface area contributed by atoms with Crippen LogP contribution in [0.15, 0.2) is 71.7 Å². The molecule has 0 bridgehead atoms. The standard InChI is InChI=1S/C41H53N3O5S/c1-4-6-8-10-12-13-15-17-29-47-35-23-19-33(20-24-35)39-43-44-41(50-39)42-31-32-18-27-37(38(30-32)46-3)49-40(45)34-21-25-36(26-22-34)48-28-16-14-11-9-7-5-2/h18-27,30-31H,4-17,28-29H2,1-3H3/b42-31+. The molecule has 4 aromatic rings. The van der Waals surface area contributed by atoms with Crippen LogP contribution in [0, 0.1) is 0 Å². The number of carbonyl (C=O) groups excluding carboxylic acids is 1. The second-order valence-corrected chi connectivity index (χ2v) is 13.4. The predicted molar refractivity (Wildman–Crippen MR) is 204 cm³/mol. The van der Waals surface area contributed by atoms with Crippen molar-refractivity contribution in [2.24, 2.45) is 4.99 Å². The summed E-state index contributed by atoms with van der Waals surface area (Å²) in [4.78, 5) is 17.4. The molecule has 9 heteroatoms. The van der Waals surface area contributed by atoms with Gasteiger partial charge in [-0.25, -0.2) is 9.79 Å². The fourth-order valence-electron chi connectivity index (χ4n) is 5.40. The van der Waals surface area contributed by atoms with Crippen molar-refractivity contribution in [1.29, 1.82) is 0 Å². The quantitative estimate of drug-likeness (QED) is 0.0311. The smallest absolute Gasteiger partial charge is 0.343 e. The maximum atomic E-state index is 12.9. The van der Waals surface area contributed by atoms with Crippen LogP contribution in [0.3, 0.4) is 0 Å². The summed E-state index contributed by atoms with van der Waals surface area (Å²) in [6, 6.07) is 20.2. The number of methoxy groups -OCH3 is 1. The minimum absolute atomic E-state index is 0.321. The number of unbranched alkanes of at least 4 members (excludes halogenated alkanes) is 12. The van der Waals surface area contributed by atoms with Crippen LogP contribution < -0.4 is 18.9 Å². The highest BCUT2D eigenvalue weighted by molar-refractivity contribution is 7.18. The van der Waals surface area contributed by atoms with Gasteiger partial charge in [0.1, 0.15) is 16.5 Å². The molecular weight excluding hydrogens is 647 g/mol. The molecule has 0 fully saturated rings. The number of nitrogens with zero attached hydrogens (tertiary/aromatic N) is 3. The maximum absolute atomic E-state index is 12.9. The van der Waals surface area contributed by atoms with E-state index in [4.69, 9.17) is 18.9 Å². The second-order valence-electron chi connectivity index (χ2n) is 12.4. The molecule has 0 atom stereocenters. The van der Waals surface area contributed by atoms with E-state index < -0.39 is 5.97 Å². The summed E-state index contributed by atoms with van der Waals surface area (Å²) < 4.78 is 22.9. The molecule has 0 saturated carbocycles. The van der Waals surface area contributed by atoms with Crippen LogP contribution in [0.2, 0.25) is 0 Å². The molecule has 0 aliphatic carbocycles. The van der Waals surface area contributed by atoms with Crippen LogP contribution in [0.5, 0.6) is 23.0 Å². The van der Waals surface area contributed by atoms with E-state index in [0.717, 1.165) is 47.1 Å². The SMILES string of the molecule is CCCCCCCCCCOc1ccc(-c2nnc(/N=C/c3ccc(OC(=O)c4ccc(OCCCCCCCC)cc4)c(OC)c3)s2)cc1. The molecule has 0 unspecified atom stereocenters. The fraction of sp³-hybridized carbons (Fsp3) is 0.463. The van der Waals surface area contributed by atoms with Crippen molar-refractivity contribution in [2.75, 3.05) is 20.3 Å². The van der Waals surface area contributed by atoms with Crippen molar-refractivity contribution in [1.82, 2.24) is 10.2 Å². The molecule has 0 saturated heterocycles. The summed E-state index contributed by atoms with van der Waals surface area (Å²) in [6.45, 7) is 5.89. The Hall–Kier alpha value is -4.24. The van der Waals surface area contributed by atoms with Crippen LogP contribution in [-0.2, 0) is 0 Å². The Bertz CT molecular complexity index is 1570. The summed E-state index contributed by atoms with van der Waals surface area (Å²) in [5.74, 6) is 1.87. The van der Waals surface area contributed by atoms with Crippen molar-refractivity contribution in [3.63, 3.8) is 0 Å². The van der Waals surface area contributed by atoms with Gasteiger partial charge in [-0.15, -0.1) is 10.2 Å². The molecule has 268 valence electrons. The van der Waals surface area contributed by atoms with Gasteiger partial charge < -0.3 is 18.9 Å². The summed E-state index contributed by atoms with van der Waals surface area (Å²) in [5.41, 5.74) is 2.16. The summed E-state index contributed by atoms with van der Waals surface area (Å²) in [5, 5.41) is 9.87. The van der Waals surface area contributed by atoms with Crippen molar-refractivity contribution in [3.05, 3.63) is 77.9 Å². The van der Waals surface area contributed by atoms with Gasteiger partial charge in [-0.1, -0.05) is 102 Å². The van der Waals surface area contributed by atoms with Gasteiger partial charge in [-0.05, 0) is 85.1 Å². The lowest BCUT2D eigenvalue weighted by atomic mass is 10.1. The lowest BCUT2D eigenvalue weighted by Gasteiger charge is -2.10. The zero-order chi connectivity index (χ0) is 35.2. The van der Waals surface area contributed by atoms with Crippen molar-refractivity contribution in [2.45, 2.75) is 104 Å². The number of aliphatic imine (C=N–C) groups is 1. The first-order valence-electron chi connectivity index (χ1n) is 18.3. The zero-order valence-corrected chi connectivity index (χ0v) is 30.8. The van der Waals surface area contributed by atoms with Crippen LogP contribution in [0.25, 0.3) is 10.6 Å². The molecule has 1 aromatic heterocycles. The minimum Gasteiger partial charge on any atom is -0.494 e. The molecule has 0 aliphatic heterocycles. The topological polar surface area (TPSA) is 92.1 Å². The third kappa shape index (κ3) is 13.6. The van der Waals surface area contributed by atoms with E-state index in [1.54, 1.807) is 42.6 Å². The molecule has 1 heterocycles. The van der Waals surface area contributed by atoms with Gasteiger partial charge in [0.15, 0.2) is 11.5 Å². The normalized spacial score (nSPS) is 11.2. The number of hydrogen-bond acceptors (Lipinski definition) is 9. The van der Waals surface area contributed by atoms with Gasteiger partial charge >= 0.3 is 5.97 Å². The average Bonchev–Trinajstić information content (AvgIpc) is 3.63. The van der Waals surface area contributed by atoms with Crippen molar-refractivity contribution < 1.29 is 23.7 Å². The van der Waals surface area contributed by atoms with Gasteiger partial charge in [0, 0.05) is 11.8 Å². The van der Waals surface area contributed by atoms with Gasteiger partial charge in [0.05, 0.1) is 25.9 Å². The third-order valence-corrected chi connectivity index (χ3v) is 9.23. The van der Waals surface area contributed by atoms with E-state index in [0.29, 0.717) is 28.8 Å². The van der Waals surface area contributed by atoms with Gasteiger partial charge in [0.2, 0.25) is 5.13 Å².